The quantitative estimate of drug-likeness (QED) is 0.836. The van der Waals surface area contributed by atoms with Crippen LogP contribution in [-0.4, -0.2) is 17.3 Å². The summed E-state index contributed by atoms with van der Waals surface area (Å²) in [5, 5.41) is 4.71. The van der Waals surface area contributed by atoms with E-state index in [1.807, 2.05) is 19.1 Å². The summed E-state index contributed by atoms with van der Waals surface area (Å²) in [6, 6.07) is 5.74. The van der Waals surface area contributed by atoms with Crippen molar-refractivity contribution in [1.29, 1.82) is 0 Å². The minimum Gasteiger partial charge on any atom is -0.349 e. The van der Waals surface area contributed by atoms with Gasteiger partial charge in [0, 0.05) is 22.0 Å². The van der Waals surface area contributed by atoms with Crippen molar-refractivity contribution < 1.29 is 4.79 Å². The molecular weight excluding hydrogens is 314 g/mol. The Morgan fingerprint density at radius 2 is 2.28 bits per heavy atom. The molecule has 2 unspecified atom stereocenters. The summed E-state index contributed by atoms with van der Waals surface area (Å²) in [5.74, 6) is 0.532. The Morgan fingerprint density at radius 3 is 2.94 bits per heavy atom. The Bertz CT molecular complexity index is 449. The highest BCUT2D eigenvalue weighted by atomic mass is 79.9. The van der Waals surface area contributed by atoms with E-state index in [9.17, 15) is 4.79 Å². The van der Waals surface area contributed by atoms with E-state index in [1.165, 1.54) is 12.8 Å². The SMILES string of the molecule is Cc1ccc(C(=O)NC2CCCC2CBr)cc1Cl. The van der Waals surface area contributed by atoms with Gasteiger partial charge in [-0.05, 0) is 43.4 Å². The molecular formula is C14H17BrClNO. The number of amides is 1. The predicted molar refractivity (Wildman–Crippen MR) is 78.6 cm³/mol. The van der Waals surface area contributed by atoms with E-state index in [1.54, 1.807) is 6.07 Å². The molecule has 0 saturated heterocycles. The number of rotatable bonds is 3. The van der Waals surface area contributed by atoms with Gasteiger partial charge in [-0.25, -0.2) is 0 Å². The molecule has 1 fully saturated rings. The Labute approximate surface area is 121 Å². The summed E-state index contributed by atoms with van der Waals surface area (Å²) >= 11 is 9.55. The molecule has 1 aromatic rings. The third kappa shape index (κ3) is 3.07. The lowest BCUT2D eigenvalue weighted by Crippen LogP contribution is -2.37. The fourth-order valence-electron chi connectivity index (χ4n) is 2.40. The standard InChI is InChI=1S/C14H17BrClNO/c1-9-5-6-10(7-12(9)16)14(18)17-13-4-2-3-11(13)8-15/h5-7,11,13H,2-4,8H2,1H3,(H,17,18). The summed E-state index contributed by atoms with van der Waals surface area (Å²) in [7, 11) is 0. The fraction of sp³-hybridized carbons (Fsp3) is 0.500. The van der Waals surface area contributed by atoms with Gasteiger partial charge in [0.05, 0.1) is 0 Å². The molecule has 1 aromatic carbocycles. The number of alkyl halides is 1. The van der Waals surface area contributed by atoms with E-state index in [4.69, 9.17) is 11.6 Å². The highest BCUT2D eigenvalue weighted by Crippen LogP contribution is 2.27. The van der Waals surface area contributed by atoms with Gasteiger partial charge in [-0.3, -0.25) is 4.79 Å². The first kappa shape index (κ1) is 13.9. The number of carbonyl (C=O) groups excluding carboxylic acids is 1. The van der Waals surface area contributed by atoms with Gasteiger partial charge in [-0.1, -0.05) is 40.0 Å². The van der Waals surface area contributed by atoms with Crippen molar-refractivity contribution in [2.75, 3.05) is 5.33 Å². The van der Waals surface area contributed by atoms with Crippen LogP contribution in [-0.2, 0) is 0 Å². The molecule has 0 radical (unpaired) electrons. The van der Waals surface area contributed by atoms with E-state index in [-0.39, 0.29) is 11.9 Å². The van der Waals surface area contributed by atoms with Crippen LogP contribution >= 0.6 is 27.5 Å². The largest absolute Gasteiger partial charge is 0.349 e. The van der Waals surface area contributed by atoms with E-state index in [0.717, 1.165) is 17.3 Å². The molecule has 1 N–H and O–H groups in total. The average molecular weight is 331 g/mol. The third-order valence-electron chi connectivity index (χ3n) is 3.61. The molecule has 98 valence electrons. The van der Waals surface area contributed by atoms with Crippen LogP contribution in [0.15, 0.2) is 18.2 Å². The maximum absolute atomic E-state index is 12.1. The van der Waals surface area contributed by atoms with Gasteiger partial charge in [0.15, 0.2) is 0 Å². The van der Waals surface area contributed by atoms with Crippen LogP contribution in [0.3, 0.4) is 0 Å². The van der Waals surface area contributed by atoms with Gasteiger partial charge >= 0.3 is 0 Å². The van der Waals surface area contributed by atoms with Crippen molar-refractivity contribution in [2.45, 2.75) is 32.2 Å². The van der Waals surface area contributed by atoms with Gasteiger partial charge in [-0.2, -0.15) is 0 Å². The Balaban J connectivity index is 2.05. The van der Waals surface area contributed by atoms with Gasteiger partial charge in [0.1, 0.15) is 0 Å². The van der Waals surface area contributed by atoms with E-state index >= 15 is 0 Å². The topological polar surface area (TPSA) is 29.1 Å². The van der Waals surface area contributed by atoms with Crippen molar-refractivity contribution >= 4 is 33.4 Å². The number of aryl methyl sites for hydroxylation is 1. The Morgan fingerprint density at radius 1 is 1.50 bits per heavy atom. The van der Waals surface area contributed by atoms with Crippen LogP contribution in [0.4, 0.5) is 0 Å². The zero-order valence-electron chi connectivity index (χ0n) is 10.4. The zero-order valence-corrected chi connectivity index (χ0v) is 12.7. The monoisotopic (exact) mass is 329 g/mol. The third-order valence-corrected chi connectivity index (χ3v) is 4.85. The molecule has 0 spiro atoms. The molecule has 2 nitrogen and oxygen atoms in total. The van der Waals surface area contributed by atoms with Crippen molar-refractivity contribution in [1.82, 2.24) is 5.32 Å². The predicted octanol–water partition coefficient (Wildman–Crippen LogP) is 3.94. The maximum Gasteiger partial charge on any atom is 0.251 e. The normalized spacial score (nSPS) is 23.1. The number of carbonyl (C=O) groups is 1. The average Bonchev–Trinajstić information content (AvgIpc) is 2.79. The number of nitrogens with one attached hydrogen (secondary N) is 1. The molecule has 18 heavy (non-hydrogen) atoms. The number of halogens is 2. The zero-order chi connectivity index (χ0) is 13.1. The molecule has 0 aliphatic heterocycles. The molecule has 0 heterocycles. The van der Waals surface area contributed by atoms with Gasteiger partial charge < -0.3 is 5.32 Å². The van der Waals surface area contributed by atoms with Crippen molar-refractivity contribution in [3.05, 3.63) is 34.3 Å². The van der Waals surface area contributed by atoms with Crippen molar-refractivity contribution in [3.8, 4) is 0 Å². The maximum atomic E-state index is 12.1. The first-order chi connectivity index (χ1) is 8.61. The van der Waals surface area contributed by atoms with Gasteiger partial charge in [-0.15, -0.1) is 0 Å². The summed E-state index contributed by atoms with van der Waals surface area (Å²) in [6.45, 7) is 1.93. The van der Waals surface area contributed by atoms with Crippen LogP contribution in [0.5, 0.6) is 0 Å². The molecule has 0 aromatic heterocycles. The molecule has 1 aliphatic carbocycles. The van der Waals surface area contributed by atoms with Gasteiger partial charge in [0.2, 0.25) is 0 Å². The fourth-order valence-corrected chi connectivity index (χ4v) is 3.35. The minimum absolute atomic E-state index is 0.0187. The lowest BCUT2D eigenvalue weighted by molar-refractivity contribution is 0.0930. The molecule has 4 heteroatoms. The van der Waals surface area contributed by atoms with Gasteiger partial charge in [0.25, 0.3) is 5.91 Å². The second-order valence-electron chi connectivity index (χ2n) is 4.89. The molecule has 1 amide bonds. The van der Waals surface area contributed by atoms with E-state index < -0.39 is 0 Å². The Hall–Kier alpha value is -0.540. The van der Waals surface area contributed by atoms with Crippen LogP contribution in [0, 0.1) is 12.8 Å². The van der Waals surface area contributed by atoms with Crippen LogP contribution in [0.2, 0.25) is 5.02 Å². The van der Waals surface area contributed by atoms with Crippen molar-refractivity contribution in [2.24, 2.45) is 5.92 Å². The summed E-state index contributed by atoms with van der Waals surface area (Å²) in [4.78, 5) is 12.1. The molecule has 1 aliphatic rings. The summed E-state index contributed by atoms with van der Waals surface area (Å²) < 4.78 is 0. The smallest absolute Gasteiger partial charge is 0.251 e. The molecule has 2 atom stereocenters. The molecule has 1 saturated carbocycles. The summed E-state index contributed by atoms with van der Waals surface area (Å²) in [5.41, 5.74) is 1.64. The molecule has 0 bridgehead atoms. The minimum atomic E-state index is -0.0187. The highest BCUT2D eigenvalue weighted by Gasteiger charge is 2.27. The lowest BCUT2D eigenvalue weighted by atomic mass is 10.1. The van der Waals surface area contributed by atoms with E-state index in [2.05, 4.69) is 21.2 Å². The van der Waals surface area contributed by atoms with Crippen LogP contribution < -0.4 is 5.32 Å². The molecule has 2 rings (SSSR count). The van der Waals surface area contributed by atoms with Crippen molar-refractivity contribution in [3.63, 3.8) is 0 Å². The summed E-state index contributed by atoms with van der Waals surface area (Å²) in [6.07, 6.45) is 3.45. The van der Waals surface area contributed by atoms with E-state index in [0.29, 0.717) is 16.5 Å². The first-order valence-corrected chi connectivity index (χ1v) is 7.74. The van der Waals surface area contributed by atoms with Crippen LogP contribution in [0.1, 0.15) is 35.2 Å². The number of hydrogen-bond acceptors (Lipinski definition) is 1. The highest BCUT2D eigenvalue weighted by molar-refractivity contribution is 9.09. The first-order valence-electron chi connectivity index (χ1n) is 6.25. The second kappa shape index (κ2) is 6.07. The Kier molecular flexibility index (Phi) is 4.68. The van der Waals surface area contributed by atoms with Crippen LogP contribution in [0.25, 0.3) is 0 Å². The number of benzene rings is 1. The second-order valence-corrected chi connectivity index (χ2v) is 5.94. The lowest BCUT2D eigenvalue weighted by Gasteiger charge is -2.19. The number of hydrogen-bond donors (Lipinski definition) is 1.